The van der Waals surface area contributed by atoms with Crippen molar-refractivity contribution in [2.75, 3.05) is 13.2 Å². The van der Waals surface area contributed by atoms with Crippen LogP contribution >= 0.6 is 0 Å². The van der Waals surface area contributed by atoms with Crippen LogP contribution in [0.1, 0.15) is 12.5 Å². The molecular weight excluding hydrogens is 216 g/mol. The van der Waals surface area contributed by atoms with Gasteiger partial charge in [-0.3, -0.25) is 10.3 Å². The van der Waals surface area contributed by atoms with E-state index >= 15 is 0 Å². The molecule has 17 heavy (non-hydrogen) atoms. The number of nitrogens with two attached hydrogens (primary N) is 1. The lowest BCUT2D eigenvalue weighted by molar-refractivity contribution is 0.340. The predicted molar refractivity (Wildman–Crippen MR) is 66.6 cm³/mol. The number of aliphatic imine (C=N–C) groups is 1. The number of hydrogen-bond acceptors (Lipinski definition) is 3. The van der Waals surface area contributed by atoms with Gasteiger partial charge in [-0.15, -0.1) is 0 Å². The molecule has 0 radical (unpaired) electrons. The Morgan fingerprint density at radius 1 is 1.47 bits per heavy atom. The van der Waals surface area contributed by atoms with E-state index in [1.165, 1.54) is 0 Å². The molecule has 90 valence electrons. The highest BCUT2D eigenvalue weighted by molar-refractivity contribution is 5.79. The molecule has 0 fully saturated rings. The monoisotopic (exact) mass is 232 g/mol. The van der Waals surface area contributed by atoms with Gasteiger partial charge in [-0.05, 0) is 31.0 Å². The number of benzene rings is 1. The average Bonchev–Trinajstić information content (AvgIpc) is 2.32. The molecule has 0 bridgehead atoms. The Balaban J connectivity index is 2.42. The van der Waals surface area contributed by atoms with E-state index in [1.807, 2.05) is 31.2 Å². The fourth-order valence-electron chi connectivity index (χ4n) is 1.32. The van der Waals surface area contributed by atoms with Crippen LogP contribution in [0.5, 0.6) is 5.75 Å². The van der Waals surface area contributed by atoms with E-state index in [4.69, 9.17) is 15.7 Å². The summed E-state index contributed by atoms with van der Waals surface area (Å²) in [5.41, 5.74) is 6.56. The molecule has 0 aromatic heterocycles. The second-order valence-corrected chi connectivity index (χ2v) is 3.33. The molecule has 0 aliphatic rings. The zero-order valence-corrected chi connectivity index (χ0v) is 9.81. The fraction of sp³-hybridized carbons (Fsp3) is 0.333. The largest absolute Gasteiger partial charge is 0.494 e. The topological polar surface area (TPSA) is 83.4 Å². The van der Waals surface area contributed by atoms with Crippen molar-refractivity contribution in [1.29, 1.82) is 5.26 Å². The van der Waals surface area contributed by atoms with Crippen molar-refractivity contribution in [2.24, 2.45) is 10.7 Å². The lowest BCUT2D eigenvalue weighted by Gasteiger charge is -2.04. The lowest BCUT2D eigenvalue weighted by Crippen LogP contribution is -2.27. The predicted octanol–water partition coefficient (Wildman–Crippen LogP) is 1.01. The first-order valence-electron chi connectivity index (χ1n) is 5.43. The SMILES string of the molecule is CCOc1ccc(CCN=C(N)NC#N)cc1. The Labute approximate surface area is 101 Å². The normalized spacial score (nSPS) is 10.7. The molecule has 0 aliphatic carbocycles. The van der Waals surface area contributed by atoms with Gasteiger partial charge in [0, 0.05) is 6.54 Å². The number of nitrogens with one attached hydrogen (secondary N) is 1. The van der Waals surface area contributed by atoms with Crippen LogP contribution in [0.3, 0.4) is 0 Å². The van der Waals surface area contributed by atoms with Crippen LogP contribution in [0.15, 0.2) is 29.3 Å². The van der Waals surface area contributed by atoms with E-state index < -0.39 is 0 Å². The Morgan fingerprint density at radius 3 is 2.76 bits per heavy atom. The van der Waals surface area contributed by atoms with Gasteiger partial charge < -0.3 is 10.5 Å². The molecule has 0 saturated carbocycles. The molecule has 0 atom stereocenters. The number of nitriles is 1. The van der Waals surface area contributed by atoms with E-state index in [1.54, 1.807) is 6.19 Å². The average molecular weight is 232 g/mol. The molecule has 0 amide bonds. The van der Waals surface area contributed by atoms with Crippen LogP contribution in [-0.2, 0) is 6.42 Å². The van der Waals surface area contributed by atoms with E-state index in [2.05, 4.69) is 10.3 Å². The van der Waals surface area contributed by atoms with Crippen LogP contribution in [0.4, 0.5) is 0 Å². The summed E-state index contributed by atoms with van der Waals surface area (Å²) in [5.74, 6) is 1.02. The van der Waals surface area contributed by atoms with Gasteiger partial charge >= 0.3 is 0 Å². The van der Waals surface area contributed by atoms with Gasteiger partial charge in [-0.1, -0.05) is 12.1 Å². The van der Waals surface area contributed by atoms with Crippen molar-refractivity contribution in [3.05, 3.63) is 29.8 Å². The molecule has 0 heterocycles. The minimum absolute atomic E-state index is 0.151. The second kappa shape index (κ2) is 7.12. The van der Waals surface area contributed by atoms with Gasteiger partial charge in [0.2, 0.25) is 5.96 Å². The summed E-state index contributed by atoms with van der Waals surface area (Å²) in [6.07, 6.45) is 2.49. The smallest absolute Gasteiger partial charge is 0.202 e. The first-order chi connectivity index (χ1) is 8.26. The maximum absolute atomic E-state index is 8.30. The van der Waals surface area contributed by atoms with Crippen LogP contribution in [0.25, 0.3) is 0 Å². The zero-order chi connectivity index (χ0) is 12.5. The van der Waals surface area contributed by atoms with E-state index in [0.717, 1.165) is 17.7 Å². The maximum atomic E-state index is 8.30. The van der Waals surface area contributed by atoms with Gasteiger partial charge in [0.15, 0.2) is 6.19 Å². The van der Waals surface area contributed by atoms with E-state index in [-0.39, 0.29) is 5.96 Å². The minimum atomic E-state index is 0.151. The molecule has 1 rings (SSSR count). The van der Waals surface area contributed by atoms with Crippen LogP contribution < -0.4 is 15.8 Å². The summed E-state index contributed by atoms with van der Waals surface area (Å²) in [4.78, 5) is 4.00. The van der Waals surface area contributed by atoms with Gasteiger partial charge in [-0.25, -0.2) is 0 Å². The molecule has 0 saturated heterocycles. The van der Waals surface area contributed by atoms with Crippen molar-refractivity contribution in [3.63, 3.8) is 0 Å². The van der Waals surface area contributed by atoms with Gasteiger partial charge in [0.25, 0.3) is 0 Å². The Bertz CT molecular complexity index is 406. The summed E-state index contributed by atoms with van der Waals surface area (Å²) in [7, 11) is 0. The van der Waals surface area contributed by atoms with Crippen molar-refractivity contribution in [1.82, 2.24) is 5.32 Å². The highest BCUT2D eigenvalue weighted by atomic mass is 16.5. The lowest BCUT2D eigenvalue weighted by atomic mass is 10.1. The highest BCUT2D eigenvalue weighted by Crippen LogP contribution is 2.12. The van der Waals surface area contributed by atoms with Crippen molar-refractivity contribution in [2.45, 2.75) is 13.3 Å². The molecule has 0 spiro atoms. The van der Waals surface area contributed by atoms with Crippen LogP contribution in [0.2, 0.25) is 0 Å². The molecular formula is C12H16N4O. The summed E-state index contributed by atoms with van der Waals surface area (Å²) in [6.45, 7) is 3.17. The number of nitrogens with zero attached hydrogens (tertiary/aromatic N) is 2. The molecule has 1 aromatic rings. The number of guanidine groups is 1. The first kappa shape index (κ1) is 12.8. The third-order valence-corrected chi connectivity index (χ3v) is 2.10. The van der Waals surface area contributed by atoms with Crippen molar-refractivity contribution in [3.8, 4) is 11.9 Å². The highest BCUT2D eigenvalue weighted by Gasteiger charge is 1.95. The second-order valence-electron chi connectivity index (χ2n) is 3.33. The van der Waals surface area contributed by atoms with Crippen LogP contribution in [0, 0.1) is 11.5 Å². The first-order valence-corrected chi connectivity index (χ1v) is 5.43. The Morgan fingerprint density at radius 2 is 2.18 bits per heavy atom. The molecule has 5 nitrogen and oxygen atoms in total. The zero-order valence-electron chi connectivity index (χ0n) is 9.81. The standard InChI is InChI=1S/C12H16N4O/c1-2-17-11-5-3-10(4-6-11)7-8-15-12(14)16-9-13/h3-6H,2,7-8H2,1H3,(H3,14,15,16). The summed E-state index contributed by atoms with van der Waals surface area (Å²) >= 11 is 0. The molecule has 1 aromatic carbocycles. The molecule has 0 unspecified atom stereocenters. The number of rotatable bonds is 5. The van der Waals surface area contributed by atoms with Gasteiger partial charge in [0.05, 0.1) is 6.61 Å². The summed E-state index contributed by atoms with van der Waals surface area (Å²) < 4.78 is 5.34. The quantitative estimate of drug-likeness (QED) is 0.343. The van der Waals surface area contributed by atoms with Crippen molar-refractivity contribution < 1.29 is 4.74 Å². The maximum Gasteiger partial charge on any atom is 0.202 e. The molecule has 3 N–H and O–H groups in total. The summed E-state index contributed by atoms with van der Waals surface area (Å²) in [6, 6.07) is 7.85. The minimum Gasteiger partial charge on any atom is -0.494 e. The van der Waals surface area contributed by atoms with E-state index in [0.29, 0.717) is 13.2 Å². The number of ether oxygens (including phenoxy) is 1. The molecule has 5 heteroatoms. The Kier molecular flexibility index (Phi) is 5.38. The van der Waals surface area contributed by atoms with Crippen LogP contribution in [-0.4, -0.2) is 19.1 Å². The third kappa shape index (κ3) is 4.89. The fourth-order valence-corrected chi connectivity index (χ4v) is 1.32. The number of hydrogen-bond donors (Lipinski definition) is 2. The van der Waals surface area contributed by atoms with E-state index in [9.17, 15) is 0 Å². The van der Waals surface area contributed by atoms with Crippen molar-refractivity contribution >= 4 is 5.96 Å². The van der Waals surface area contributed by atoms with Gasteiger partial charge in [0.1, 0.15) is 5.75 Å². The third-order valence-electron chi connectivity index (χ3n) is 2.10. The Hall–Kier alpha value is -2.22. The molecule has 0 aliphatic heterocycles. The van der Waals surface area contributed by atoms with Gasteiger partial charge in [-0.2, -0.15) is 5.26 Å². The summed E-state index contributed by atoms with van der Waals surface area (Å²) in [5, 5.41) is 10.6.